The Balaban J connectivity index is 0.000000266. The molecule has 0 spiro atoms. The third-order valence-corrected chi connectivity index (χ3v) is 7.69. The standard InChI is InChI=1S/C20H28N2O5.C11H5Cl2F3O3/c1-3-27-20(26)16(12-11-15-8-5-4-6-9-15)21-14(2)18(23)22-13-7-10-17(22)19(24)25;12-5-1-4-2-6(10(17)18)9(11(14,15)16)19-8(4)7(13)3-5/h4-6,8-9,14,16-17,21H,3,7,10-13H2,1-2H3,(H,24,25);1-3,9H,(H,17,18)/t14-,16-,17-;9-/m00/s1. The lowest BCUT2D eigenvalue weighted by molar-refractivity contribution is -0.187. The summed E-state index contributed by atoms with van der Waals surface area (Å²) < 4.78 is 48.1. The predicted octanol–water partition coefficient (Wildman–Crippen LogP) is 5.39. The molecule has 0 saturated carbocycles. The van der Waals surface area contributed by atoms with E-state index in [9.17, 15) is 37.5 Å². The van der Waals surface area contributed by atoms with Crippen molar-refractivity contribution in [3.8, 4) is 5.75 Å². The summed E-state index contributed by atoms with van der Waals surface area (Å²) in [6.45, 7) is 4.09. The number of aryl methyl sites for hydroxylation is 1. The van der Waals surface area contributed by atoms with Crippen molar-refractivity contribution in [2.75, 3.05) is 13.2 Å². The Hall–Kier alpha value is -3.81. The number of esters is 1. The molecule has 2 aliphatic rings. The van der Waals surface area contributed by atoms with Crippen LogP contribution in [0, 0.1) is 0 Å². The van der Waals surface area contributed by atoms with Gasteiger partial charge in [-0.05, 0) is 63.3 Å². The highest BCUT2D eigenvalue weighted by Gasteiger charge is 2.48. The van der Waals surface area contributed by atoms with Crippen molar-refractivity contribution in [3.05, 3.63) is 69.2 Å². The van der Waals surface area contributed by atoms with Gasteiger partial charge in [0.1, 0.15) is 17.8 Å². The van der Waals surface area contributed by atoms with Gasteiger partial charge >= 0.3 is 24.1 Å². The first-order valence-corrected chi connectivity index (χ1v) is 15.1. The molecule has 0 aromatic heterocycles. The number of ether oxygens (including phenoxy) is 2. The van der Waals surface area contributed by atoms with E-state index in [2.05, 4.69) is 5.32 Å². The number of hydrogen-bond acceptors (Lipinski definition) is 7. The maximum Gasteiger partial charge on any atom is 0.430 e. The SMILES string of the molecule is CCOC(=O)[C@H](CCc1ccccc1)N[C@@H](C)C(=O)N1CCC[C@H]1C(=O)O.O=C(O)C1=Cc2cc(Cl)cc(Cl)c2O[C@@H]1C(F)(F)F. The number of carboxylic acids is 2. The molecule has 10 nitrogen and oxygen atoms in total. The number of rotatable bonds is 10. The monoisotopic (exact) mass is 688 g/mol. The molecule has 3 N–H and O–H groups in total. The number of benzene rings is 2. The van der Waals surface area contributed by atoms with Crippen LogP contribution < -0.4 is 10.1 Å². The number of nitrogens with zero attached hydrogens (tertiary/aromatic N) is 1. The molecule has 1 amide bonds. The van der Waals surface area contributed by atoms with Gasteiger partial charge in [-0.3, -0.25) is 14.9 Å². The summed E-state index contributed by atoms with van der Waals surface area (Å²) in [7, 11) is 0. The van der Waals surface area contributed by atoms with Crippen LogP contribution in [0.4, 0.5) is 13.2 Å². The van der Waals surface area contributed by atoms with Crippen LogP contribution in [-0.2, 0) is 30.3 Å². The molecule has 2 heterocycles. The van der Waals surface area contributed by atoms with Crippen LogP contribution in [0.15, 0.2) is 48.0 Å². The maximum atomic E-state index is 12.8. The summed E-state index contributed by atoms with van der Waals surface area (Å²) in [5.74, 6) is -3.64. The fourth-order valence-electron chi connectivity index (χ4n) is 5.03. The summed E-state index contributed by atoms with van der Waals surface area (Å²) in [6, 6.07) is 10.2. The zero-order valence-corrected chi connectivity index (χ0v) is 26.4. The number of carbonyl (C=O) groups excluding carboxylic acids is 2. The van der Waals surface area contributed by atoms with Gasteiger partial charge in [0.15, 0.2) is 0 Å². The Morgan fingerprint density at radius 2 is 1.80 bits per heavy atom. The number of fused-ring (bicyclic) bond motifs is 1. The molecule has 4 rings (SSSR count). The molecule has 0 bridgehead atoms. The molecule has 2 aliphatic heterocycles. The van der Waals surface area contributed by atoms with Crippen LogP contribution in [0.3, 0.4) is 0 Å². The highest BCUT2D eigenvalue weighted by Crippen LogP contribution is 2.42. The van der Waals surface area contributed by atoms with Crippen LogP contribution in [-0.4, -0.2) is 82.5 Å². The van der Waals surface area contributed by atoms with Crippen LogP contribution in [0.2, 0.25) is 10.0 Å². The van der Waals surface area contributed by atoms with Crippen LogP contribution in [0.1, 0.15) is 44.2 Å². The maximum absolute atomic E-state index is 12.8. The van der Waals surface area contributed by atoms with Crippen molar-refractivity contribution in [1.82, 2.24) is 10.2 Å². The van der Waals surface area contributed by atoms with Gasteiger partial charge in [0.05, 0.1) is 23.2 Å². The van der Waals surface area contributed by atoms with Crippen LogP contribution >= 0.6 is 23.2 Å². The number of alkyl halides is 3. The van der Waals surface area contributed by atoms with Gasteiger partial charge in [-0.2, -0.15) is 13.2 Å². The van der Waals surface area contributed by atoms with Gasteiger partial charge < -0.3 is 24.6 Å². The van der Waals surface area contributed by atoms with Gasteiger partial charge in [-0.25, -0.2) is 9.59 Å². The molecule has 0 aliphatic carbocycles. The largest absolute Gasteiger partial charge is 0.480 e. The number of likely N-dealkylation sites (tertiary alicyclic amines) is 1. The van der Waals surface area contributed by atoms with E-state index >= 15 is 0 Å². The Morgan fingerprint density at radius 1 is 1.13 bits per heavy atom. The van der Waals surface area contributed by atoms with E-state index in [1.165, 1.54) is 17.0 Å². The van der Waals surface area contributed by atoms with Crippen molar-refractivity contribution < 1.29 is 52.0 Å². The summed E-state index contributed by atoms with van der Waals surface area (Å²) in [5, 5.41) is 21.2. The number of amides is 1. The molecule has 0 radical (unpaired) electrons. The lowest BCUT2D eigenvalue weighted by atomic mass is 10.0. The Bertz CT molecular complexity index is 1460. The minimum absolute atomic E-state index is 0.0930. The summed E-state index contributed by atoms with van der Waals surface area (Å²) in [4.78, 5) is 48.6. The fraction of sp³-hybridized carbons (Fsp3) is 0.419. The number of nitrogens with one attached hydrogen (secondary N) is 1. The second-order valence-corrected chi connectivity index (χ2v) is 11.3. The molecule has 1 saturated heterocycles. The molecular formula is C31H33Cl2F3N2O8. The lowest BCUT2D eigenvalue weighted by Gasteiger charge is -2.27. The number of carbonyl (C=O) groups is 4. The molecule has 0 unspecified atom stereocenters. The normalized spacial score (nSPS) is 18.6. The summed E-state index contributed by atoms with van der Waals surface area (Å²) in [5.41, 5.74) is 0.270. The predicted molar refractivity (Wildman–Crippen MR) is 163 cm³/mol. The first kappa shape index (κ1) is 36.7. The Labute approximate surface area is 273 Å². The first-order chi connectivity index (χ1) is 21.6. The second-order valence-electron chi connectivity index (χ2n) is 10.5. The Morgan fingerprint density at radius 3 is 2.39 bits per heavy atom. The second kappa shape index (κ2) is 16.1. The average Bonchev–Trinajstić information content (AvgIpc) is 3.49. The topological polar surface area (TPSA) is 142 Å². The number of aliphatic carboxylic acids is 2. The lowest BCUT2D eigenvalue weighted by Crippen LogP contribution is -2.53. The average molecular weight is 690 g/mol. The van der Waals surface area contributed by atoms with E-state index in [4.69, 9.17) is 37.8 Å². The molecule has 1 fully saturated rings. The summed E-state index contributed by atoms with van der Waals surface area (Å²) >= 11 is 11.4. The zero-order chi connectivity index (χ0) is 34.2. The molecule has 46 heavy (non-hydrogen) atoms. The van der Waals surface area contributed by atoms with Crippen LogP contribution in [0.5, 0.6) is 5.75 Å². The smallest absolute Gasteiger partial charge is 0.430 e. The third-order valence-electron chi connectivity index (χ3n) is 7.19. The number of hydrogen-bond donors (Lipinski definition) is 3. The molecule has 2 aromatic rings. The van der Waals surface area contributed by atoms with E-state index < -0.39 is 53.9 Å². The van der Waals surface area contributed by atoms with Gasteiger partial charge in [0, 0.05) is 17.1 Å². The van der Waals surface area contributed by atoms with E-state index in [1.807, 2.05) is 30.3 Å². The van der Waals surface area contributed by atoms with Crippen molar-refractivity contribution in [2.45, 2.75) is 69.9 Å². The van der Waals surface area contributed by atoms with E-state index in [1.54, 1.807) is 13.8 Å². The quantitative estimate of drug-likeness (QED) is 0.280. The van der Waals surface area contributed by atoms with E-state index in [0.29, 0.717) is 32.2 Å². The minimum atomic E-state index is -4.86. The van der Waals surface area contributed by atoms with Gasteiger partial charge in [0.2, 0.25) is 12.0 Å². The highest BCUT2D eigenvalue weighted by molar-refractivity contribution is 6.36. The molecule has 250 valence electrons. The number of halogens is 5. The van der Waals surface area contributed by atoms with Gasteiger partial charge in [-0.15, -0.1) is 0 Å². The molecule has 2 aromatic carbocycles. The minimum Gasteiger partial charge on any atom is -0.480 e. The van der Waals surface area contributed by atoms with E-state index in [0.717, 1.165) is 11.6 Å². The van der Waals surface area contributed by atoms with Gasteiger partial charge in [0.25, 0.3) is 0 Å². The van der Waals surface area contributed by atoms with Crippen molar-refractivity contribution in [3.63, 3.8) is 0 Å². The zero-order valence-electron chi connectivity index (χ0n) is 24.9. The van der Waals surface area contributed by atoms with Crippen molar-refractivity contribution in [1.29, 1.82) is 0 Å². The van der Waals surface area contributed by atoms with Gasteiger partial charge in [-0.1, -0.05) is 53.5 Å². The molecule has 15 heteroatoms. The van der Waals surface area contributed by atoms with E-state index in [-0.39, 0.29) is 33.9 Å². The van der Waals surface area contributed by atoms with Crippen LogP contribution in [0.25, 0.3) is 6.08 Å². The Kier molecular flexibility index (Phi) is 12.9. The first-order valence-electron chi connectivity index (χ1n) is 14.3. The fourth-order valence-corrected chi connectivity index (χ4v) is 5.58. The molecule has 4 atom stereocenters. The van der Waals surface area contributed by atoms with Crippen molar-refractivity contribution >= 4 is 53.1 Å². The third kappa shape index (κ3) is 9.60. The molecular weight excluding hydrogens is 656 g/mol. The highest BCUT2D eigenvalue weighted by atomic mass is 35.5. The summed E-state index contributed by atoms with van der Waals surface area (Å²) in [6.07, 6.45) is -4.27. The number of carboxylic acid groups (broad SMARTS) is 2. The van der Waals surface area contributed by atoms with Crippen molar-refractivity contribution in [2.24, 2.45) is 0 Å².